The summed E-state index contributed by atoms with van der Waals surface area (Å²) in [7, 11) is 0. The molecule has 12 aromatic rings. The minimum atomic E-state index is -0.416. The summed E-state index contributed by atoms with van der Waals surface area (Å²) >= 11 is 0. The maximum absolute atomic E-state index is 6.95. The number of nitrogens with zero attached hydrogens (tertiary/aromatic N) is 3. The van der Waals surface area contributed by atoms with Crippen LogP contribution in [0.25, 0.3) is 111 Å². The minimum Gasteiger partial charge on any atom is -0.455 e. The zero-order valence-electron chi connectivity index (χ0n) is 34.5. The van der Waals surface area contributed by atoms with Gasteiger partial charge in [0.15, 0.2) is 17.5 Å². The number of para-hydroxylation sites is 1. The number of hydrogen-bond acceptors (Lipinski definition) is 4. The van der Waals surface area contributed by atoms with Gasteiger partial charge < -0.3 is 4.42 Å². The fourth-order valence-corrected chi connectivity index (χ4v) is 11.0. The molecule has 14 rings (SSSR count). The van der Waals surface area contributed by atoms with Crippen LogP contribution in [0.3, 0.4) is 0 Å². The molecule has 0 amide bonds. The normalized spacial score (nSPS) is 13.1. The molecule has 4 heteroatoms. The van der Waals surface area contributed by atoms with Crippen molar-refractivity contribution in [3.8, 4) is 67.5 Å². The first-order valence-corrected chi connectivity index (χ1v) is 21.8. The molecule has 2 aliphatic rings. The second-order valence-corrected chi connectivity index (χ2v) is 17.0. The molecule has 0 N–H and O–H groups in total. The van der Waals surface area contributed by atoms with Crippen LogP contribution in [-0.2, 0) is 5.41 Å². The fourth-order valence-electron chi connectivity index (χ4n) is 11.0. The summed E-state index contributed by atoms with van der Waals surface area (Å²) in [6.07, 6.45) is 0. The van der Waals surface area contributed by atoms with Crippen molar-refractivity contribution in [2.24, 2.45) is 0 Å². The first-order valence-electron chi connectivity index (χ1n) is 21.8. The topological polar surface area (TPSA) is 51.8 Å². The molecule has 1 spiro atoms. The van der Waals surface area contributed by atoms with Crippen molar-refractivity contribution in [2.45, 2.75) is 5.41 Å². The Balaban J connectivity index is 0.937. The Morgan fingerprint density at radius 1 is 0.297 bits per heavy atom. The van der Waals surface area contributed by atoms with Crippen LogP contribution >= 0.6 is 0 Å². The Morgan fingerprint density at radius 3 is 1.55 bits per heavy atom. The van der Waals surface area contributed by atoms with Crippen LogP contribution in [0.4, 0.5) is 0 Å². The summed E-state index contributed by atoms with van der Waals surface area (Å²) in [5.41, 5.74) is 16.4. The molecule has 0 saturated carbocycles. The standard InChI is InChI=1S/C60H35N3O/c1-2-15-38(16-3-1)57-61-58(40-18-12-17-39(34-40)43-23-13-24-47-48-32-30-37-29-28-36-14-4-5-19-42(36)54(37)56(48)64-55(43)47)63-59(62-57)41-31-33-53-49(35-41)46-22-8-11-27-52(46)60(53)50-25-9-6-20-44(50)45-21-7-10-26-51(45)60/h1-35H. The molecule has 0 unspecified atom stereocenters. The van der Waals surface area contributed by atoms with Crippen molar-refractivity contribution in [1.82, 2.24) is 15.0 Å². The van der Waals surface area contributed by atoms with Gasteiger partial charge in [0.25, 0.3) is 0 Å². The Labute approximate surface area is 368 Å². The maximum atomic E-state index is 6.95. The predicted octanol–water partition coefficient (Wildman–Crippen LogP) is 15.1. The summed E-state index contributed by atoms with van der Waals surface area (Å²) in [4.78, 5) is 15.7. The van der Waals surface area contributed by atoms with E-state index in [-0.39, 0.29) is 0 Å². The van der Waals surface area contributed by atoms with Gasteiger partial charge in [-0.2, -0.15) is 0 Å². The van der Waals surface area contributed by atoms with Gasteiger partial charge in [-0.05, 0) is 84.4 Å². The first-order chi connectivity index (χ1) is 31.7. The van der Waals surface area contributed by atoms with E-state index in [1.54, 1.807) is 0 Å². The lowest BCUT2D eigenvalue weighted by Gasteiger charge is -2.30. The van der Waals surface area contributed by atoms with Crippen molar-refractivity contribution in [2.75, 3.05) is 0 Å². The molecule has 4 nitrogen and oxygen atoms in total. The SMILES string of the molecule is c1ccc(-c2nc(-c3cccc(-c4cccc5c4oc4c5ccc5ccc6ccccc6c54)c3)nc(-c3ccc4c(c3)-c3ccccc3C43c4ccccc4-c4ccccc43)n2)cc1. The minimum absolute atomic E-state index is 0.416. The molecule has 0 fully saturated rings. The molecule has 2 aromatic heterocycles. The van der Waals surface area contributed by atoms with Crippen molar-refractivity contribution in [3.05, 3.63) is 235 Å². The van der Waals surface area contributed by atoms with Crippen LogP contribution in [0.5, 0.6) is 0 Å². The molecule has 2 heterocycles. The van der Waals surface area contributed by atoms with Crippen molar-refractivity contribution in [1.29, 1.82) is 0 Å². The van der Waals surface area contributed by atoms with Crippen molar-refractivity contribution >= 4 is 43.5 Å². The lowest BCUT2D eigenvalue weighted by atomic mass is 9.70. The summed E-state index contributed by atoms with van der Waals surface area (Å²) in [6.45, 7) is 0. The number of furan rings is 1. The third-order valence-electron chi connectivity index (χ3n) is 13.7. The van der Waals surface area contributed by atoms with Crippen molar-refractivity contribution in [3.63, 3.8) is 0 Å². The number of aromatic nitrogens is 3. The Morgan fingerprint density at radius 2 is 0.797 bits per heavy atom. The first kappa shape index (κ1) is 35.2. The van der Waals surface area contributed by atoms with Crippen LogP contribution < -0.4 is 0 Å². The molecular formula is C60H35N3O. The average molecular weight is 814 g/mol. The van der Waals surface area contributed by atoms with Crippen LogP contribution in [0.1, 0.15) is 22.3 Å². The van der Waals surface area contributed by atoms with E-state index in [2.05, 4.69) is 194 Å². The Hall–Kier alpha value is -8.47. The number of rotatable bonds is 4. The third-order valence-corrected chi connectivity index (χ3v) is 13.7. The van der Waals surface area contributed by atoms with Gasteiger partial charge in [-0.1, -0.05) is 194 Å². The van der Waals surface area contributed by atoms with Gasteiger partial charge in [0, 0.05) is 38.4 Å². The molecule has 296 valence electrons. The monoisotopic (exact) mass is 813 g/mol. The van der Waals surface area contributed by atoms with E-state index in [1.165, 1.54) is 55.3 Å². The maximum Gasteiger partial charge on any atom is 0.164 e. The molecule has 0 aliphatic heterocycles. The highest BCUT2D eigenvalue weighted by molar-refractivity contribution is 6.24. The zero-order chi connectivity index (χ0) is 41.9. The Bertz CT molecular complexity index is 3880. The Kier molecular flexibility index (Phi) is 7.29. The van der Waals surface area contributed by atoms with Crippen LogP contribution in [0.15, 0.2) is 217 Å². The quantitative estimate of drug-likeness (QED) is 0.166. The highest BCUT2D eigenvalue weighted by atomic mass is 16.3. The van der Waals surface area contributed by atoms with Gasteiger partial charge >= 0.3 is 0 Å². The van der Waals surface area contributed by atoms with Gasteiger partial charge in [-0.3, -0.25) is 0 Å². The summed E-state index contributed by atoms with van der Waals surface area (Å²) in [6, 6.07) is 76.0. The summed E-state index contributed by atoms with van der Waals surface area (Å²) < 4.78 is 6.95. The number of benzene rings is 10. The summed E-state index contributed by atoms with van der Waals surface area (Å²) in [5.74, 6) is 1.86. The van der Waals surface area contributed by atoms with Gasteiger partial charge in [-0.15, -0.1) is 0 Å². The van der Waals surface area contributed by atoms with Gasteiger partial charge in [-0.25, -0.2) is 15.0 Å². The van der Waals surface area contributed by atoms with E-state index in [1.807, 2.05) is 18.2 Å². The molecule has 64 heavy (non-hydrogen) atoms. The highest BCUT2D eigenvalue weighted by Gasteiger charge is 2.51. The van der Waals surface area contributed by atoms with Gasteiger partial charge in [0.05, 0.1) is 5.41 Å². The molecule has 0 saturated heterocycles. The predicted molar refractivity (Wildman–Crippen MR) is 260 cm³/mol. The van der Waals surface area contributed by atoms with E-state index < -0.39 is 5.41 Å². The smallest absolute Gasteiger partial charge is 0.164 e. The summed E-state index contributed by atoms with van der Waals surface area (Å²) in [5, 5.41) is 6.88. The molecule has 10 aromatic carbocycles. The molecular weight excluding hydrogens is 779 g/mol. The van der Waals surface area contributed by atoms with Gasteiger partial charge in [0.2, 0.25) is 0 Å². The zero-order valence-corrected chi connectivity index (χ0v) is 34.5. The second kappa shape index (κ2) is 13.3. The second-order valence-electron chi connectivity index (χ2n) is 17.0. The van der Waals surface area contributed by atoms with Crippen LogP contribution in [0.2, 0.25) is 0 Å². The molecule has 0 atom stereocenters. The van der Waals surface area contributed by atoms with Gasteiger partial charge in [0.1, 0.15) is 11.2 Å². The van der Waals surface area contributed by atoms with E-state index in [0.29, 0.717) is 17.5 Å². The molecule has 2 aliphatic carbocycles. The largest absolute Gasteiger partial charge is 0.455 e. The van der Waals surface area contributed by atoms with E-state index in [0.717, 1.165) is 60.5 Å². The molecule has 0 radical (unpaired) electrons. The number of hydrogen-bond donors (Lipinski definition) is 0. The lowest BCUT2D eigenvalue weighted by molar-refractivity contribution is 0.674. The molecule has 0 bridgehead atoms. The number of fused-ring (bicyclic) bond motifs is 17. The van der Waals surface area contributed by atoms with E-state index >= 15 is 0 Å². The van der Waals surface area contributed by atoms with Crippen molar-refractivity contribution < 1.29 is 4.42 Å². The van der Waals surface area contributed by atoms with Crippen LogP contribution in [-0.4, -0.2) is 15.0 Å². The fraction of sp³-hybridized carbons (Fsp3) is 0.0167. The lowest BCUT2D eigenvalue weighted by Crippen LogP contribution is -2.25. The average Bonchev–Trinajstić information content (AvgIpc) is 4.00. The van der Waals surface area contributed by atoms with Crippen LogP contribution in [0, 0.1) is 0 Å². The third kappa shape index (κ3) is 4.85. The van der Waals surface area contributed by atoms with E-state index in [4.69, 9.17) is 19.4 Å². The highest BCUT2D eigenvalue weighted by Crippen LogP contribution is 2.63. The van der Waals surface area contributed by atoms with E-state index in [9.17, 15) is 0 Å².